The van der Waals surface area contributed by atoms with Gasteiger partial charge in [-0.05, 0) is 12.8 Å². The monoisotopic (exact) mass is 382 g/mol. The van der Waals surface area contributed by atoms with Crippen molar-refractivity contribution in [1.82, 2.24) is 10.2 Å². The molecule has 1 saturated carbocycles. The van der Waals surface area contributed by atoms with Crippen molar-refractivity contribution < 1.29 is 9.53 Å². The Bertz CT molecular complexity index is 313. The van der Waals surface area contributed by atoms with E-state index in [0.717, 1.165) is 12.8 Å². The second-order valence-electron chi connectivity index (χ2n) is 4.82. The van der Waals surface area contributed by atoms with Crippen molar-refractivity contribution in [3.63, 3.8) is 0 Å². The Morgan fingerprint density at radius 1 is 1.32 bits per heavy atom. The molecule has 1 amide bonds. The third kappa shape index (κ3) is 5.52. The van der Waals surface area contributed by atoms with Crippen LogP contribution in [-0.4, -0.2) is 55.7 Å². The van der Waals surface area contributed by atoms with E-state index in [4.69, 9.17) is 10.5 Å². The molecule has 2 fully saturated rings. The van der Waals surface area contributed by atoms with Gasteiger partial charge in [-0.25, -0.2) is 4.99 Å². The van der Waals surface area contributed by atoms with Gasteiger partial charge in [0.15, 0.2) is 5.96 Å². The quantitative estimate of drug-likeness (QED) is 0.418. The van der Waals surface area contributed by atoms with Gasteiger partial charge in [-0.15, -0.1) is 24.0 Å². The molecule has 0 bridgehead atoms. The van der Waals surface area contributed by atoms with Crippen molar-refractivity contribution in [2.24, 2.45) is 10.7 Å². The number of hydrogen-bond donors (Lipinski definition) is 2. The first kappa shape index (κ1) is 16.5. The number of rotatable bonds is 3. The lowest BCUT2D eigenvalue weighted by Crippen LogP contribution is -2.43. The Hall–Kier alpha value is -0.570. The summed E-state index contributed by atoms with van der Waals surface area (Å²) in [5.41, 5.74) is 5.77. The highest BCUT2D eigenvalue weighted by molar-refractivity contribution is 14.0. The molecule has 19 heavy (non-hydrogen) atoms. The summed E-state index contributed by atoms with van der Waals surface area (Å²) in [4.78, 5) is 17.7. The molecule has 1 saturated heterocycles. The van der Waals surface area contributed by atoms with Gasteiger partial charge in [-0.3, -0.25) is 4.79 Å². The molecule has 1 aliphatic heterocycles. The standard InChI is InChI=1S/C12H22N4O2.HI/c13-12(15-10-3-1-2-4-10)14-9-11(17)16-5-7-18-8-6-16;/h10H,1-9H2,(H3,13,14,15);1H. The van der Waals surface area contributed by atoms with E-state index in [0.29, 0.717) is 38.3 Å². The number of aliphatic imine (C=N–C) groups is 1. The average Bonchev–Trinajstić information content (AvgIpc) is 2.90. The first-order valence-electron chi connectivity index (χ1n) is 6.67. The molecular formula is C12H23IN4O2. The second kappa shape index (κ2) is 8.57. The van der Waals surface area contributed by atoms with E-state index in [2.05, 4.69) is 10.3 Å². The molecule has 110 valence electrons. The van der Waals surface area contributed by atoms with Crippen LogP contribution < -0.4 is 11.1 Å². The number of hydrogen-bond acceptors (Lipinski definition) is 3. The van der Waals surface area contributed by atoms with E-state index < -0.39 is 0 Å². The fraction of sp³-hybridized carbons (Fsp3) is 0.833. The van der Waals surface area contributed by atoms with Crippen LogP contribution in [0.4, 0.5) is 0 Å². The largest absolute Gasteiger partial charge is 0.378 e. The van der Waals surface area contributed by atoms with Crippen molar-refractivity contribution in [1.29, 1.82) is 0 Å². The van der Waals surface area contributed by atoms with E-state index in [9.17, 15) is 4.79 Å². The van der Waals surface area contributed by atoms with Crippen LogP contribution in [0.2, 0.25) is 0 Å². The van der Waals surface area contributed by atoms with Gasteiger partial charge in [0.1, 0.15) is 6.54 Å². The third-order valence-electron chi connectivity index (χ3n) is 3.46. The van der Waals surface area contributed by atoms with Crippen LogP contribution in [0.25, 0.3) is 0 Å². The van der Waals surface area contributed by atoms with Gasteiger partial charge in [0.25, 0.3) is 0 Å². The predicted octanol–water partition coefficient (Wildman–Crippen LogP) is 0.310. The lowest BCUT2D eigenvalue weighted by molar-refractivity contribution is -0.133. The zero-order valence-corrected chi connectivity index (χ0v) is 13.5. The van der Waals surface area contributed by atoms with Gasteiger partial charge >= 0.3 is 0 Å². The van der Waals surface area contributed by atoms with E-state index in [1.54, 1.807) is 4.90 Å². The zero-order valence-electron chi connectivity index (χ0n) is 11.1. The summed E-state index contributed by atoms with van der Waals surface area (Å²) in [6.07, 6.45) is 4.79. The van der Waals surface area contributed by atoms with E-state index in [1.807, 2.05) is 0 Å². The Morgan fingerprint density at radius 3 is 2.58 bits per heavy atom. The van der Waals surface area contributed by atoms with Crippen molar-refractivity contribution in [2.75, 3.05) is 32.8 Å². The summed E-state index contributed by atoms with van der Waals surface area (Å²) in [5, 5.41) is 3.17. The van der Waals surface area contributed by atoms with Crippen molar-refractivity contribution >= 4 is 35.8 Å². The normalized spacial score (nSPS) is 21.1. The van der Waals surface area contributed by atoms with Gasteiger partial charge in [0.05, 0.1) is 13.2 Å². The molecule has 0 spiro atoms. The topological polar surface area (TPSA) is 80.0 Å². The summed E-state index contributed by atoms with van der Waals surface area (Å²) in [6.45, 7) is 2.68. The summed E-state index contributed by atoms with van der Waals surface area (Å²) in [7, 11) is 0. The van der Waals surface area contributed by atoms with Crippen LogP contribution in [0.1, 0.15) is 25.7 Å². The second-order valence-corrected chi connectivity index (χ2v) is 4.82. The van der Waals surface area contributed by atoms with Crippen molar-refractivity contribution in [3.8, 4) is 0 Å². The SMILES string of the molecule is I.NC(=NCC(=O)N1CCOCC1)NC1CCCC1. The molecule has 1 heterocycles. The number of carbonyl (C=O) groups excluding carboxylic acids is 1. The molecule has 0 atom stereocenters. The van der Waals surface area contributed by atoms with Crippen molar-refractivity contribution in [2.45, 2.75) is 31.7 Å². The van der Waals surface area contributed by atoms with Gasteiger partial charge in [0, 0.05) is 19.1 Å². The van der Waals surface area contributed by atoms with Crippen LogP contribution in [-0.2, 0) is 9.53 Å². The number of nitrogens with two attached hydrogens (primary N) is 1. The number of nitrogens with zero attached hydrogens (tertiary/aromatic N) is 2. The summed E-state index contributed by atoms with van der Waals surface area (Å²) >= 11 is 0. The minimum absolute atomic E-state index is 0. The highest BCUT2D eigenvalue weighted by Crippen LogP contribution is 2.17. The van der Waals surface area contributed by atoms with Crippen LogP contribution in [0, 0.1) is 0 Å². The smallest absolute Gasteiger partial charge is 0.244 e. The fourth-order valence-electron chi connectivity index (χ4n) is 2.39. The molecule has 0 aromatic carbocycles. The minimum atomic E-state index is 0. The Morgan fingerprint density at radius 2 is 1.95 bits per heavy atom. The van der Waals surface area contributed by atoms with Crippen LogP contribution >= 0.6 is 24.0 Å². The maximum absolute atomic E-state index is 11.8. The average molecular weight is 382 g/mol. The number of nitrogens with one attached hydrogen (secondary N) is 1. The van der Waals surface area contributed by atoms with Crippen LogP contribution in [0.3, 0.4) is 0 Å². The lowest BCUT2D eigenvalue weighted by Gasteiger charge is -2.26. The maximum Gasteiger partial charge on any atom is 0.244 e. The molecule has 7 heteroatoms. The summed E-state index contributed by atoms with van der Waals surface area (Å²) in [6, 6.07) is 0.437. The number of amides is 1. The minimum Gasteiger partial charge on any atom is -0.378 e. The van der Waals surface area contributed by atoms with Gasteiger partial charge < -0.3 is 20.7 Å². The number of ether oxygens (including phenoxy) is 1. The molecule has 0 aromatic rings. The van der Waals surface area contributed by atoms with E-state index >= 15 is 0 Å². The van der Waals surface area contributed by atoms with Crippen LogP contribution in [0.15, 0.2) is 4.99 Å². The third-order valence-corrected chi connectivity index (χ3v) is 3.46. The highest BCUT2D eigenvalue weighted by Gasteiger charge is 2.17. The maximum atomic E-state index is 11.8. The highest BCUT2D eigenvalue weighted by atomic mass is 127. The Kier molecular flexibility index (Phi) is 7.44. The summed E-state index contributed by atoms with van der Waals surface area (Å²) < 4.78 is 5.20. The molecule has 0 unspecified atom stereocenters. The predicted molar refractivity (Wildman–Crippen MR) is 84.7 cm³/mol. The number of guanidine groups is 1. The molecule has 0 radical (unpaired) electrons. The molecular weight excluding hydrogens is 359 g/mol. The molecule has 3 N–H and O–H groups in total. The van der Waals surface area contributed by atoms with E-state index in [1.165, 1.54) is 12.8 Å². The van der Waals surface area contributed by atoms with Gasteiger partial charge in [-0.1, -0.05) is 12.8 Å². The summed E-state index contributed by atoms with van der Waals surface area (Å²) in [5.74, 6) is 0.415. The number of carbonyl (C=O) groups is 1. The fourth-order valence-corrected chi connectivity index (χ4v) is 2.39. The number of morpholine rings is 1. The number of halogens is 1. The molecule has 0 aromatic heterocycles. The molecule has 2 rings (SSSR count). The molecule has 1 aliphatic carbocycles. The first-order chi connectivity index (χ1) is 8.75. The first-order valence-corrected chi connectivity index (χ1v) is 6.67. The lowest BCUT2D eigenvalue weighted by atomic mass is 10.2. The van der Waals surface area contributed by atoms with Gasteiger partial charge in [0.2, 0.25) is 5.91 Å². The Balaban J connectivity index is 0.00000180. The van der Waals surface area contributed by atoms with Crippen LogP contribution in [0.5, 0.6) is 0 Å². The van der Waals surface area contributed by atoms with Gasteiger partial charge in [-0.2, -0.15) is 0 Å². The Labute approximate surface area is 131 Å². The van der Waals surface area contributed by atoms with E-state index in [-0.39, 0.29) is 36.4 Å². The molecule has 6 nitrogen and oxygen atoms in total. The van der Waals surface area contributed by atoms with Crippen molar-refractivity contribution in [3.05, 3.63) is 0 Å². The molecule has 2 aliphatic rings. The zero-order chi connectivity index (χ0) is 12.8.